The van der Waals surface area contributed by atoms with Crippen LogP contribution in [0.1, 0.15) is 22.8 Å². The van der Waals surface area contributed by atoms with Crippen LogP contribution in [-0.2, 0) is 6.42 Å². The van der Waals surface area contributed by atoms with Crippen LogP contribution in [0.3, 0.4) is 0 Å². The minimum absolute atomic E-state index is 0.194. The highest BCUT2D eigenvalue weighted by Crippen LogP contribution is 2.25. The number of alkyl halides is 2. The van der Waals surface area contributed by atoms with Crippen molar-refractivity contribution in [1.82, 2.24) is 4.90 Å². The standard InChI is InChI=1S/C13H15F2NO2/c1-2-9-3-4-11-10(7-9)13(17)16(5-6-18-11)8-12(14)15/h3-4,7,12H,2,5-6,8H2,1H3. The van der Waals surface area contributed by atoms with E-state index >= 15 is 0 Å². The second-order valence-electron chi connectivity index (χ2n) is 4.17. The molecule has 1 amide bonds. The zero-order valence-corrected chi connectivity index (χ0v) is 10.2. The van der Waals surface area contributed by atoms with E-state index in [4.69, 9.17) is 4.74 Å². The lowest BCUT2D eigenvalue weighted by molar-refractivity contribution is 0.0548. The van der Waals surface area contributed by atoms with Gasteiger partial charge in [0, 0.05) is 0 Å². The quantitative estimate of drug-likeness (QED) is 0.829. The summed E-state index contributed by atoms with van der Waals surface area (Å²) >= 11 is 0. The van der Waals surface area contributed by atoms with Gasteiger partial charge < -0.3 is 9.64 Å². The molecule has 0 bridgehead atoms. The first kappa shape index (κ1) is 12.8. The molecule has 0 aromatic heterocycles. The molecule has 0 saturated carbocycles. The number of benzene rings is 1. The van der Waals surface area contributed by atoms with E-state index in [1.165, 1.54) is 0 Å². The van der Waals surface area contributed by atoms with Crippen LogP contribution in [0.5, 0.6) is 5.75 Å². The zero-order chi connectivity index (χ0) is 13.1. The molecule has 0 atom stereocenters. The molecule has 3 nitrogen and oxygen atoms in total. The first-order chi connectivity index (χ1) is 8.61. The Morgan fingerprint density at radius 1 is 1.44 bits per heavy atom. The third-order valence-corrected chi connectivity index (χ3v) is 2.95. The largest absolute Gasteiger partial charge is 0.491 e. The maximum Gasteiger partial charge on any atom is 0.257 e. The minimum Gasteiger partial charge on any atom is -0.491 e. The third kappa shape index (κ3) is 2.60. The zero-order valence-electron chi connectivity index (χ0n) is 10.2. The Hall–Kier alpha value is -1.65. The van der Waals surface area contributed by atoms with Crippen molar-refractivity contribution in [2.75, 3.05) is 19.7 Å². The van der Waals surface area contributed by atoms with Gasteiger partial charge in [-0.05, 0) is 24.1 Å². The van der Waals surface area contributed by atoms with Crippen LogP contribution in [0, 0.1) is 0 Å². The summed E-state index contributed by atoms with van der Waals surface area (Å²) < 4.78 is 30.2. The van der Waals surface area contributed by atoms with Crippen molar-refractivity contribution in [2.45, 2.75) is 19.8 Å². The summed E-state index contributed by atoms with van der Waals surface area (Å²) in [6.45, 7) is 1.87. The fraction of sp³-hybridized carbons (Fsp3) is 0.462. The summed E-state index contributed by atoms with van der Waals surface area (Å²) in [6, 6.07) is 5.34. The summed E-state index contributed by atoms with van der Waals surface area (Å²) in [5, 5.41) is 0. The highest BCUT2D eigenvalue weighted by Gasteiger charge is 2.25. The SMILES string of the molecule is CCc1ccc2c(c1)C(=O)N(CC(F)F)CCO2. The van der Waals surface area contributed by atoms with Crippen LogP contribution >= 0.6 is 0 Å². The minimum atomic E-state index is -2.52. The number of nitrogens with zero attached hydrogens (tertiary/aromatic N) is 1. The summed E-state index contributed by atoms with van der Waals surface area (Å²) in [7, 11) is 0. The first-order valence-corrected chi connectivity index (χ1v) is 5.95. The number of halogens is 2. The number of hydrogen-bond donors (Lipinski definition) is 0. The highest BCUT2D eigenvalue weighted by atomic mass is 19.3. The van der Waals surface area contributed by atoms with Gasteiger partial charge in [-0.2, -0.15) is 0 Å². The smallest absolute Gasteiger partial charge is 0.257 e. The van der Waals surface area contributed by atoms with E-state index in [9.17, 15) is 13.6 Å². The summed E-state index contributed by atoms with van der Waals surface area (Å²) in [5.74, 6) is 0.104. The van der Waals surface area contributed by atoms with E-state index in [1.807, 2.05) is 13.0 Å². The molecule has 0 radical (unpaired) electrons. The lowest BCUT2D eigenvalue weighted by Crippen LogP contribution is -2.36. The van der Waals surface area contributed by atoms with Crippen LogP contribution in [0.25, 0.3) is 0 Å². The molecule has 0 aliphatic carbocycles. The predicted octanol–water partition coefficient (Wildman–Crippen LogP) is 2.35. The molecule has 18 heavy (non-hydrogen) atoms. The van der Waals surface area contributed by atoms with E-state index in [1.54, 1.807) is 12.1 Å². The topological polar surface area (TPSA) is 29.5 Å². The van der Waals surface area contributed by atoms with Gasteiger partial charge in [0.15, 0.2) is 0 Å². The molecule has 0 spiro atoms. The maximum absolute atomic E-state index is 12.4. The molecule has 0 saturated heterocycles. The summed E-state index contributed by atoms with van der Waals surface area (Å²) in [4.78, 5) is 13.3. The molecule has 1 aliphatic rings. The average molecular weight is 255 g/mol. The number of ether oxygens (including phenoxy) is 1. The molecule has 1 aliphatic heterocycles. The molecule has 2 rings (SSSR count). The summed E-state index contributed by atoms with van der Waals surface area (Å²) in [6.07, 6.45) is -1.74. The van der Waals surface area contributed by atoms with Crippen LogP contribution in [-0.4, -0.2) is 36.9 Å². The number of carbonyl (C=O) groups is 1. The molecule has 1 aromatic carbocycles. The Bertz CT molecular complexity index is 449. The Balaban J connectivity index is 2.32. The van der Waals surface area contributed by atoms with Crippen molar-refractivity contribution in [3.8, 4) is 5.75 Å². The van der Waals surface area contributed by atoms with Crippen LogP contribution in [0.2, 0.25) is 0 Å². The molecular formula is C13H15F2NO2. The number of amides is 1. The van der Waals surface area contributed by atoms with E-state index < -0.39 is 13.0 Å². The van der Waals surface area contributed by atoms with Crippen molar-refractivity contribution >= 4 is 5.91 Å². The fourth-order valence-corrected chi connectivity index (χ4v) is 1.97. The summed E-state index contributed by atoms with van der Waals surface area (Å²) in [5.41, 5.74) is 1.37. The van der Waals surface area contributed by atoms with Crippen molar-refractivity contribution < 1.29 is 18.3 Å². The Kier molecular flexibility index (Phi) is 3.79. The van der Waals surface area contributed by atoms with Gasteiger partial charge in [-0.15, -0.1) is 0 Å². The number of aryl methyl sites for hydroxylation is 1. The van der Waals surface area contributed by atoms with Crippen LogP contribution in [0.4, 0.5) is 8.78 Å². The maximum atomic E-state index is 12.4. The molecule has 5 heteroatoms. The molecule has 1 heterocycles. The van der Waals surface area contributed by atoms with Gasteiger partial charge in [-0.1, -0.05) is 13.0 Å². The number of carbonyl (C=O) groups excluding carboxylic acids is 1. The second-order valence-corrected chi connectivity index (χ2v) is 4.17. The number of fused-ring (bicyclic) bond motifs is 1. The molecular weight excluding hydrogens is 240 g/mol. The average Bonchev–Trinajstić information content (AvgIpc) is 2.49. The van der Waals surface area contributed by atoms with Crippen LogP contribution in [0.15, 0.2) is 18.2 Å². The lowest BCUT2D eigenvalue weighted by atomic mass is 10.1. The number of rotatable bonds is 3. The monoisotopic (exact) mass is 255 g/mol. The molecule has 0 N–H and O–H groups in total. The van der Waals surface area contributed by atoms with Gasteiger partial charge in [0.05, 0.1) is 18.7 Å². The normalized spacial score (nSPS) is 15.3. The van der Waals surface area contributed by atoms with Crippen molar-refractivity contribution in [1.29, 1.82) is 0 Å². The first-order valence-electron chi connectivity index (χ1n) is 5.95. The van der Waals surface area contributed by atoms with Crippen LogP contribution < -0.4 is 4.74 Å². The Morgan fingerprint density at radius 2 is 2.22 bits per heavy atom. The van der Waals surface area contributed by atoms with Gasteiger partial charge in [0.1, 0.15) is 12.4 Å². The lowest BCUT2D eigenvalue weighted by Gasteiger charge is -2.19. The fourth-order valence-electron chi connectivity index (χ4n) is 1.97. The molecule has 0 fully saturated rings. The van der Waals surface area contributed by atoms with Gasteiger partial charge >= 0.3 is 0 Å². The van der Waals surface area contributed by atoms with E-state index in [-0.39, 0.29) is 19.1 Å². The van der Waals surface area contributed by atoms with Crippen molar-refractivity contribution in [3.63, 3.8) is 0 Å². The number of hydrogen-bond acceptors (Lipinski definition) is 2. The van der Waals surface area contributed by atoms with E-state index in [0.29, 0.717) is 11.3 Å². The molecule has 0 unspecified atom stereocenters. The van der Waals surface area contributed by atoms with Gasteiger partial charge in [-0.3, -0.25) is 4.79 Å². The van der Waals surface area contributed by atoms with Gasteiger partial charge in [0.25, 0.3) is 12.3 Å². The van der Waals surface area contributed by atoms with Gasteiger partial charge in [-0.25, -0.2) is 8.78 Å². The van der Waals surface area contributed by atoms with Crippen molar-refractivity contribution in [2.24, 2.45) is 0 Å². The van der Waals surface area contributed by atoms with Gasteiger partial charge in [0.2, 0.25) is 0 Å². The van der Waals surface area contributed by atoms with E-state index in [0.717, 1.165) is 16.9 Å². The molecule has 98 valence electrons. The second kappa shape index (κ2) is 5.33. The van der Waals surface area contributed by atoms with Crippen molar-refractivity contribution in [3.05, 3.63) is 29.3 Å². The highest BCUT2D eigenvalue weighted by molar-refractivity contribution is 5.97. The Labute approximate surface area is 104 Å². The Morgan fingerprint density at radius 3 is 2.89 bits per heavy atom. The third-order valence-electron chi connectivity index (χ3n) is 2.95. The predicted molar refractivity (Wildman–Crippen MR) is 63.2 cm³/mol. The molecule has 1 aromatic rings. The van der Waals surface area contributed by atoms with E-state index in [2.05, 4.69) is 0 Å².